The summed E-state index contributed by atoms with van der Waals surface area (Å²) >= 11 is 9.31. The number of halogens is 2. The van der Waals surface area contributed by atoms with Crippen LogP contribution in [0.2, 0.25) is 5.02 Å². The van der Waals surface area contributed by atoms with Crippen LogP contribution >= 0.6 is 27.5 Å². The van der Waals surface area contributed by atoms with Gasteiger partial charge in [0.2, 0.25) is 0 Å². The van der Waals surface area contributed by atoms with E-state index < -0.39 is 10.8 Å². The first-order valence-corrected chi connectivity index (χ1v) is 10.2. The van der Waals surface area contributed by atoms with E-state index >= 15 is 0 Å². The zero-order valence-electron chi connectivity index (χ0n) is 16.5. The van der Waals surface area contributed by atoms with E-state index in [9.17, 15) is 20.2 Å². The van der Waals surface area contributed by atoms with Crippen LogP contribution in [0.1, 0.15) is 17.0 Å². The van der Waals surface area contributed by atoms with Crippen molar-refractivity contribution in [2.75, 3.05) is 5.32 Å². The minimum absolute atomic E-state index is 0.100. The number of carbonyl (C=O) groups excluding carboxylic acids is 1. The SMILES string of the molecule is Cc1cc(/C=C(\C#N)C(=O)Nc2ccc([N+](=O)[O-])cc2Br)c(C)n1-c1cccc(Cl)c1. The number of anilines is 1. The van der Waals surface area contributed by atoms with Crippen molar-refractivity contribution in [2.45, 2.75) is 13.8 Å². The number of nitrogens with zero attached hydrogens (tertiary/aromatic N) is 3. The van der Waals surface area contributed by atoms with E-state index in [1.54, 1.807) is 6.07 Å². The maximum Gasteiger partial charge on any atom is 0.270 e. The summed E-state index contributed by atoms with van der Waals surface area (Å²) in [5, 5.41) is 23.6. The van der Waals surface area contributed by atoms with Crippen LogP contribution in [-0.2, 0) is 4.79 Å². The summed E-state index contributed by atoms with van der Waals surface area (Å²) in [4.78, 5) is 23.0. The normalized spacial score (nSPS) is 11.1. The number of nitrogens with one attached hydrogen (secondary N) is 1. The zero-order valence-corrected chi connectivity index (χ0v) is 18.9. The fourth-order valence-corrected chi connectivity index (χ4v) is 3.81. The number of aryl methyl sites for hydroxylation is 1. The predicted molar refractivity (Wildman–Crippen MR) is 123 cm³/mol. The highest BCUT2D eigenvalue weighted by atomic mass is 79.9. The molecule has 1 amide bonds. The van der Waals surface area contributed by atoms with Crippen LogP contribution < -0.4 is 5.32 Å². The molecule has 3 aromatic rings. The number of amides is 1. The highest BCUT2D eigenvalue weighted by molar-refractivity contribution is 9.10. The van der Waals surface area contributed by atoms with E-state index in [0.717, 1.165) is 17.1 Å². The number of hydrogen-bond acceptors (Lipinski definition) is 4. The van der Waals surface area contributed by atoms with Gasteiger partial charge in [0.15, 0.2) is 0 Å². The highest BCUT2D eigenvalue weighted by Gasteiger charge is 2.16. The number of benzene rings is 2. The van der Waals surface area contributed by atoms with Crippen molar-refractivity contribution in [2.24, 2.45) is 0 Å². The number of rotatable bonds is 5. The first-order chi connectivity index (χ1) is 14.7. The summed E-state index contributed by atoms with van der Waals surface area (Å²) in [7, 11) is 0. The second kappa shape index (κ2) is 9.16. The number of nitriles is 1. The van der Waals surface area contributed by atoms with Gasteiger partial charge in [0.1, 0.15) is 11.6 Å². The molecule has 0 atom stereocenters. The molecule has 0 spiro atoms. The lowest BCUT2D eigenvalue weighted by Crippen LogP contribution is -2.14. The maximum absolute atomic E-state index is 12.7. The number of nitro benzene ring substituents is 1. The van der Waals surface area contributed by atoms with Crippen LogP contribution in [0.3, 0.4) is 0 Å². The van der Waals surface area contributed by atoms with Gasteiger partial charge < -0.3 is 9.88 Å². The van der Waals surface area contributed by atoms with E-state index in [4.69, 9.17) is 11.6 Å². The average Bonchev–Trinajstić information content (AvgIpc) is 3.00. The van der Waals surface area contributed by atoms with E-state index in [0.29, 0.717) is 20.7 Å². The molecule has 7 nitrogen and oxygen atoms in total. The third-order valence-corrected chi connectivity index (χ3v) is 5.50. The molecule has 0 aliphatic carbocycles. The van der Waals surface area contributed by atoms with E-state index in [1.165, 1.54) is 24.3 Å². The quantitative estimate of drug-likeness (QED) is 0.202. The first-order valence-electron chi connectivity index (χ1n) is 9.03. The molecule has 0 radical (unpaired) electrons. The lowest BCUT2D eigenvalue weighted by Gasteiger charge is -2.10. The summed E-state index contributed by atoms with van der Waals surface area (Å²) in [6.45, 7) is 3.81. The summed E-state index contributed by atoms with van der Waals surface area (Å²) in [5.41, 5.74) is 3.46. The van der Waals surface area contributed by atoms with E-state index in [1.807, 2.05) is 48.7 Å². The van der Waals surface area contributed by atoms with Crippen LogP contribution in [0.15, 0.2) is 58.6 Å². The number of hydrogen-bond donors (Lipinski definition) is 1. The Morgan fingerprint density at radius 3 is 2.61 bits per heavy atom. The first kappa shape index (κ1) is 22.3. The molecule has 31 heavy (non-hydrogen) atoms. The molecule has 1 heterocycles. The number of nitro groups is 1. The van der Waals surface area contributed by atoms with Crippen LogP contribution in [0.25, 0.3) is 11.8 Å². The van der Waals surface area contributed by atoms with Gasteiger partial charge >= 0.3 is 0 Å². The second-order valence-electron chi connectivity index (χ2n) is 6.69. The molecule has 0 aliphatic heterocycles. The molecule has 2 aromatic carbocycles. The van der Waals surface area contributed by atoms with Gasteiger partial charge in [-0.25, -0.2) is 0 Å². The topological polar surface area (TPSA) is 101 Å². The molecule has 1 aromatic heterocycles. The Bertz CT molecular complexity index is 1270. The molecule has 0 saturated carbocycles. The molecule has 0 saturated heterocycles. The average molecular weight is 500 g/mol. The van der Waals surface area contributed by atoms with Crippen LogP contribution in [-0.4, -0.2) is 15.4 Å². The maximum atomic E-state index is 12.7. The Balaban J connectivity index is 1.92. The van der Waals surface area contributed by atoms with Gasteiger partial charge in [-0.15, -0.1) is 0 Å². The molecule has 9 heteroatoms. The third kappa shape index (κ3) is 4.85. The van der Waals surface area contributed by atoms with Gasteiger partial charge in [-0.05, 0) is 71.7 Å². The zero-order chi connectivity index (χ0) is 22.7. The Morgan fingerprint density at radius 1 is 1.26 bits per heavy atom. The number of non-ortho nitro benzene ring substituents is 1. The molecule has 156 valence electrons. The molecule has 0 bridgehead atoms. The van der Waals surface area contributed by atoms with Crippen molar-refractivity contribution >= 4 is 50.9 Å². The van der Waals surface area contributed by atoms with Crippen LogP contribution in [0.5, 0.6) is 0 Å². The predicted octanol–water partition coefficient (Wildman–Crippen LogP) is 5.96. The van der Waals surface area contributed by atoms with E-state index in [2.05, 4.69) is 21.2 Å². The fraction of sp³-hybridized carbons (Fsp3) is 0.0909. The van der Waals surface area contributed by atoms with Crippen LogP contribution in [0.4, 0.5) is 11.4 Å². The Kier molecular flexibility index (Phi) is 6.59. The van der Waals surface area contributed by atoms with E-state index in [-0.39, 0.29) is 11.3 Å². The summed E-state index contributed by atoms with van der Waals surface area (Å²) < 4.78 is 2.32. The third-order valence-electron chi connectivity index (χ3n) is 4.61. The molecule has 3 rings (SSSR count). The van der Waals surface area contributed by atoms with Gasteiger partial charge in [-0.2, -0.15) is 5.26 Å². The highest BCUT2D eigenvalue weighted by Crippen LogP contribution is 2.28. The number of carbonyl (C=O) groups is 1. The van der Waals surface area contributed by atoms with Crippen molar-refractivity contribution in [1.82, 2.24) is 4.57 Å². The summed E-state index contributed by atoms with van der Waals surface area (Å²) in [6, 6.07) is 15.1. The Hall–Kier alpha value is -3.41. The molecule has 0 fully saturated rings. The number of aromatic nitrogens is 1. The Labute approximate surface area is 191 Å². The van der Waals surface area contributed by atoms with Crippen molar-refractivity contribution in [1.29, 1.82) is 5.26 Å². The second-order valence-corrected chi connectivity index (χ2v) is 7.98. The molecule has 0 aliphatic rings. The van der Waals surface area contributed by atoms with Gasteiger partial charge in [0.25, 0.3) is 11.6 Å². The van der Waals surface area contributed by atoms with Gasteiger partial charge in [0, 0.05) is 38.7 Å². The van der Waals surface area contributed by atoms with Crippen molar-refractivity contribution in [3.63, 3.8) is 0 Å². The lowest BCUT2D eigenvalue weighted by molar-refractivity contribution is -0.384. The largest absolute Gasteiger partial charge is 0.320 e. The monoisotopic (exact) mass is 498 g/mol. The molecule has 0 unspecified atom stereocenters. The van der Waals surface area contributed by atoms with Gasteiger partial charge in [-0.3, -0.25) is 14.9 Å². The van der Waals surface area contributed by atoms with Crippen molar-refractivity contribution in [3.05, 3.63) is 90.7 Å². The smallest absolute Gasteiger partial charge is 0.270 e. The standard InChI is InChI=1S/C22H16BrClN4O3/c1-13-8-15(14(2)27(13)18-5-3-4-17(24)10-18)9-16(12-25)22(29)26-21-7-6-19(28(30)31)11-20(21)23/h3-11H,1-2H3,(H,26,29)/b16-9+. The van der Waals surface area contributed by atoms with Crippen molar-refractivity contribution < 1.29 is 9.72 Å². The van der Waals surface area contributed by atoms with Crippen LogP contribution in [0, 0.1) is 35.3 Å². The van der Waals surface area contributed by atoms with Crippen molar-refractivity contribution in [3.8, 4) is 11.8 Å². The molecular formula is C22H16BrClN4O3. The Morgan fingerprint density at radius 2 is 2.00 bits per heavy atom. The molecule has 1 N–H and O–H groups in total. The lowest BCUT2D eigenvalue weighted by atomic mass is 10.1. The molecular weight excluding hydrogens is 484 g/mol. The summed E-state index contributed by atoms with van der Waals surface area (Å²) in [6.07, 6.45) is 1.51. The minimum atomic E-state index is -0.621. The van der Waals surface area contributed by atoms with Gasteiger partial charge in [-0.1, -0.05) is 17.7 Å². The van der Waals surface area contributed by atoms with Gasteiger partial charge in [0.05, 0.1) is 10.6 Å². The fourth-order valence-electron chi connectivity index (χ4n) is 3.16. The summed E-state index contributed by atoms with van der Waals surface area (Å²) in [5.74, 6) is -0.621. The minimum Gasteiger partial charge on any atom is -0.320 e.